The number of anilines is 1. The zero-order chi connectivity index (χ0) is 20.3. The minimum atomic E-state index is -2.15. The molecule has 0 aromatic heterocycles. The molecule has 0 spiro atoms. The zero-order valence-corrected chi connectivity index (χ0v) is 16.8. The molecule has 0 bridgehead atoms. The molecule has 2 N–H and O–H groups in total. The van der Waals surface area contributed by atoms with E-state index in [1.165, 1.54) is 6.07 Å². The predicted molar refractivity (Wildman–Crippen MR) is 108 cm³/mol. The van der Waals surface area contributed by atoms with Gasteiger partial charge in [-0.25, -0.2) is 8.60 Å². The summed E-state index contributed by atoms with van der Waals surface area (Å²) in [4.78, 5) is 16.7. The van der Waals surface area contributed by atoms with Crippen LogP contribution in [0.4, 0.5) is 10.1 Å². The normalized spacial score (nSPS) is 17.2. The lowest BCUT2D eigenvalue weighted by Gasteiger charge is -2.38. The molecule has 2 atom stereocenters. The SMILES string of the molecule is CC(c1ccc(F)c(Cl)c1)N1CCN(C(=O)c2ccc(NS(=O)O)cc2)CC1. The number of hydrogen-bond donors (Lipinski definition) is 2. The van der Waals surface area contributed by atoms with E-state index in [-0.39, 0.29) is 17.0 Å². The Morgan fingerprint density at radius 2 is 1.82 bits per heavy atom. The van der Waals surface area contributed by atoms with E-state index in [1.54, 1.807) is 41.3 Å². The molecule has 1 aliphatic heterocycles. The van der Waals surface area contributed by atoms with E-state index >= 15 is 0 Å². The van der Waals surface area contributed by atoms with Crippen LogP contribution in [0.5, 0.6) is 0 Å². The van der Waals surface area contributed by atoms with E-state index in [0.29, 0.717) is 37.4 Å². The van der Waals surface area contributed by atoms with Crippen molar-refractivity contribution in [2.24, 2.45) is 0 Å². The van der Waals surface area contributed by atoms with Gasteiger partial charge in [0.15, 0.2) is 0 Å². The monoisotopic (exact) mass is 425 g/mol. The number of amides is 1. The third-order valence-corrected chi connectivity index (χ3v) is 5.61. The second-order valence-corrected chi connectivity index (χ2v) is 7.72. The molecule has 1 fully saturated rings. The molecule has 0 aliphatic carbocycles. The summed E-state index contributed by atoms with van der Waals surface area (Å²) in [6.07, 6.45) is 0. The molecule has 2 aromatic carbocycles. The van der Waals surface area contributed by atoms with Crippen LogP contribution < -0.4 is 4.72 Å². The van der Waals surface area contributed by atoms with Gasteiger partial charge in [-0.2, -0.15) is 0 Å². The molecule has 1 aliphatic rings. The number of hydrogen-bond acceptors (Lipinski definition) is 3. The zero-order valence-electron chi connectivity index (χ0n) is 15.3. The Morgan fingerprint density at radius 1 is 1.18 bits per heavy atom. The molecular formula is C19H21ClFN3O3S. The van der Waals surface area contributed by atoms with Gasteiger partial charge in [0.2, 0.25) is 0 Å². The third kappa shape index (κ3) is 4.88. The lowest BCUT2D eigenvalue weighted by atomic mass is 10.1. The standard InChI is InChI=1S/C19H21ClFN3O3S/c1-13(15-4-7-18(21)17(20)12-15)23-8-10-24(11-9-23)19(25)14-2-5-16(6-3-14)22-28(26)27/h2-7,12-13,22H,8-11H2,1H3,(H,26,27). The first-order valence-corrected chi connectivity index (χ1v) is 10.3. The molecule has 1 amide bonds. The van der Waals surface area contributed by atoms with E-state index in [4.69, 9.17) is 16.2 Å². The van der Waals surface area contributed by atoms with Gasteiger partial charge in [0, 0.05) is 43.5 Å². The van der Waals surface area contributed by atoms with Gasteiger partial charge in [-0.3, -0.25) is 19.0 Å². The number of nitrogens with one attached hydrogen (secondary N) is 1. The molecule has 150 valence electrons. The van der Waals surface area contributed by atoms with E-state index in [9.17, 15) is 13.4 Å². The average Bonchev–Trinajstić information content (AvgIpc) is 2.69. The smallest absolute Gasteiger partial charge is 0.259 e. The van der Waals surface area contributed by atoms with Crippen molar-refractivity contribution in [3.8, 4) is 0 Å². The van der Waals surface area contributed by atoms with Crippen molar-refractivity contribution in [1.82, 2.24) is 9.80 Å². The van der Waals surface area contributed by atoms with Crippen molar-refractivity contribution < 1.29 is 17.9 Å². The second-order valence-electron chi connectivity index (χ2n) is 6.61. The highest BCUT2D eigenvalue weighted by Crippen LogP contribution is 2.26. The van der Waals surface area contributed by atoms with Gasteiger partial charge in [0.05, 0.1) is 5.02 Å². The Balaban J connectivity index is 1.59. The fourth-order valence-electron chi connectivity index (χ4n) is 3.26. The van der Waals surface area contributed by atoms with Gasteiger partial charge >= 0.3 is 0 Å². The first-order chi connectivity index (χ1) is 13.3. The molecule has 1 heterocycles. The van der Waals surface area contributed by atoms with E-state index in [1.807, 2.05) is 6.92 Å². The first kappa shape index (κ1) is 20.7. The number of piperazine rings is 1. The van der Waals surface area contributed by atoms with Gasteiger partial charge in [-0.15, -0.1) is 0 Å². The van der Waals surface area contributed by atoms with E-state index < -0.39 is 17.1 Å². The van der Waals surface area contributed by atoms with Crippen LogP contribution in [0.3, 0.4) is 0 Å². The summed E-state index contributed by atoms with van der Waals surface area (Å²) in [5.74, 6) is -0.506. The summed E-state index contributed by atoms with van der Waals surface area (Å²) >= 11 is 3.74. The lowest BCUT2D eigenvalue weighted by molar-refractivity contribution is 0.0582. The molecule has 1 saturated heterocycles. The van der Waals surface area contributed by atoms with E-state index in [2.05, 4.69) is 9.62 Å². The van der Waals surface area contributed by atoms with Crippen LogP contribution >= 0.6 is 11.6 Å². The van der Waals surface area contributed by atoms with Gasteiger partial charge in [0.25, 0.3) is 17.2 Å². The van der Waals surface area contributed by atoms with Crippen molar-refractivity contribution in [3.63, 3.8) is 0 Å². The Kier molecular flexibility index (Phi) is 6.66. The predicted octanol–water partition coefficient (Wildman–Crippen LogP) is 3.55. The minimum absolute atomic E-state index is 0.0695. The largest absolute Gasteiger partial charge is 0.336 e. The number of halogens is 2. The van der Waals surface area contributed by atoms with Crippen molar-refractivity contribution in [2.75, 3.05) is 30.9 Å². The first-order valence-electron chi connectivity index (χ1n) is 8.81. The van der Waals surface area contributed by atoms with Crippen LogP contribution in [-0.4, -0.2) is 50.6 Å². The topological polar surface area (TPSA) is 72.9 Å². The fourth-order valence-corrected chi connectivity index (χ4v) is 3.79. The van der Waals surface area contributed by atoms with Crippen molar-refractivity contribution in [1.29, 1.82) is 0 Å². The van der Waals surface area contributed by atoms with Crippen molar-refractivity contribution >= 4 is 34.5 Å². The molecular weight excluding hydrogens is 405 g/mol. The second kappa shape index (κ2) is 9.00. The van der Waals surface area contributed by atoms with Gasteiger partial charge in [-0.05, 0) is 48.9 Å². The summed E-state index contributed by atoms with van der Waals surface area (Å²) < 4.78 is 35.3. The highest BCUT2D eigenvalue weighted by atomic mass is 35.5. The Labute approximate surface area is 170 Å². The molecule has 0 saturated carbocycles. The fraction of sp³-hybridized carbons (Fsp3) is 0.316. The minimum Gasteiger partial charge on any atom is -0.336 e. The van der Waals surface area contributed by atoms with Gasteiger partial charge in [0.1, 0.15) is 5.82 Å². The molecule has 28 heavy (non-hydrogen) atoms. The van der Waals surface area contributed by atoms with Crippen LogP contribution in [0.25, 0.3) is 0 Å². The van der Waals surface area contributed by atoms with Crippen LogP contribution in [0, 0.1) is 5.82 Å². The Bertz CT molecular complexity index is 873. The molecule has 2 unspecified atom stereocenters. The quantitative estimate of drug-likeness (QED) is 0.718. The molecule has 2 aromatic rings. The molecule has 9 heteroatoms. The number of rotatable bonds is 5. The Hall–Kier alpha value is -2.00. The molecule has 6 nitrogen and oxygen atoms in total. The van der Waals surface area contributed by atoms with Crippen LogP contribution in [0.1, 0.15) is 28.9 Å². The highest BCUT2D eigenvalue weighted by molar-refractivity contribution is 7.80. The third-order valence-electron chi connectivity index (χ3n) is 4.91. The maximum absolute atomic E-state index is 13.4. The van der Waals surface area contributed by atoms with Crippen LogP contribution in [0.15, 0.2) is 42.5 Å². The van der Waals surface area contributed by atoms with Crippen molar-refractivity contribution in [2.45, 2.75) is 13.0 Å². The number of benzene rings is 2. The summed E-state index contributed by atoms with van der Waals surface area (Å²) in [6.45, 7) is 4.60. The molecule has 0 radical (unpaired) electrons. The van der Waals surface area contributed by atoms with Crippen LogP contribution in [0.2, 0.25) is 5.02 Å². The Morgan fingerprint density at radius 3 is 2.39 bits per heavy atom. The number of carbonyl (C=O) groups excluding carboxylic acids is 1. The summed E-state index contributed by atoms with van der Waals surface area (Å²) in [5, 5.41) is 0.112. The summed E-state index contributed by atoms with van der Waals surface area (Å²) in [7, 11) is 0. The number of nitrogens with zero attached hydrogens (tertiary/aromatic N) is 2. The van der Waals surface area contributed by atoms with E-state index in [0.717, 1.165) is 5.56 Å². The maximum Gasteiger partial charge on any atom is 0.259 e. The summed E-state index contributed by atoms with van der Waals surface area (Å²) in [5.41, 5.74) is 1.94. The van der Waals surface area contributed by atoms with Crippen molar-refractivity contribution in [3.05, 3.63) is 64.4 Å². The summed E-state index contributed by atoms with van der Waals surface area (Å²) in [6, 6.07) is 11.3. The molecule has 3 rings (SSSR count). The highest BCUT2D eigenvalue weighted by Gasteiger charge is 2.25. The van der Waals surface area contributed by atoms with Crippen LogP contribution in [-0.2, 0) is 11.3 Å². The lowest BCUT2D eigenvalue weighted by Crippen LogP contribution is -2.49. The average molecular weight is 426 g/mol. The maximum atomic E-state index is 13.4. The van der Waals surface area contributed by atoms with Gasteiger partial charge < -0.3 is 4.90 Å². The van der Waals surface area contributed by atoms with Gasteiger partial charge in [-0.1, -0.05) is 17.7 Å². The number of carbonyl (C=O) groups is 1.